The van der Waals surface area contributed by atoms with Gasteiger partial charge in [0.1, 0.15) is 0 Å². The number of hydrogen-bond donors (Lipinski definition) is 2. The van der Waals surface area contributed by atoms with Gasteiger partial charge in [0.25, 0.3) is 10.0 Å². The first-order valence-electron chi connectivity index (χ1n) is 6.59. The number of hydrogen-bond acceptors (Lipinski definition) is 6. The highest BCUT2D eigenvalue weighted by Gasteiger charge is 2.15. The van der Waals surface area contributed by atoms with Crippen LogP contribution in [0, 0.1) is 0 Å². The van der Waals surface area contributed by atoms with E-state index in [0.29, 0.717) is 12.2 Å². The van der Waals surface area contributed by atoms with Crippen LogP contribution in [0.2, 0.25) is 0 Å². The second kappa shape index (κ2) is 6.98. The van der Waals surface area contributed by atoms with Gasteiger partial charge in [0, 0.05) is 19.6 Å². The zero-order chi connectivity index (χ0) is 14.4. The number of nitrogen functional groups attached to an aromatic ring is 1. The lowest BCUT2D eigenvalue weighted by Gasteiger charge is -2.26. The molecule has 0 bridgehead atoms. The zero-order valence-corrected chi connectivity index (χ0v) is 12.1. The fraction of sp³-hybridized carbons (Fsp3) is 0.583. The summed E-state index contributed by atoms with van der Waals surface area (Å²) >= 11 is 0. The van der Waals surface area contributed by atoms with Crippen LogP contribution in [0.1, 0.15) is 6.42 Å². The molecule has 0 radical (unpaired) electrons. The number of sulfonamides is 1. The lowest BCUT2D eigenvalue weighted by atomic mass is 10.3. The molecule has 1 aromatic heterocycles. The van der Waals surface area contributed by atoms with Crippen molar-refractivity contribution in [3.05, 3.63) is 18.3 Å². The summed E-state index contributed by atoms with van der Waals surface area (Å²) in [5, 5.41) is -0.00178. The first-order valence-corrected chi connectivity index (χ1v) is 8.07. The number of nitrogens with zero attached hydrogens (tertiary/aromatic N) is 2. The minimum Gasteiger partial charge on any atom is -0.397 e. The first kappa shape index (κ1) is 15.2. The van der Waals surface area contributed by atoms with E-state index >= 15 is 0 Å². The van der Waals surface area contributed by atoms with E-state index in [0.717, 1.165) is 39.3 Å². The van der Waals surface area contributed by atoms with Crippen LogP contribution < -0.4 is 10.5 Å². The Kier molecular flexibility index (Phi) is 5.30. The fourth-order valence-corrected chi connectivity index (χ4v) is 2.96. The van der Waals surface area contributed by atoms with Crippen molar-refractivity contribution in [3.63, 3.8) is 0 Å². The van der Waals surface area contributed by atoms with Crippen LogP contribution in [0.5, 0.6) is 0 Å². The normalized spacial score (nSPS) is 17.2. The molecule has 0 saturated carbocycles. The van der Waals surface area contributed by atoms with Gasteiger partial charge >= 0.3 is 0 Å². The van der Waals surface area contributed by atoms with Crippen molar-refractivity contribution < 1.29 is 13.2 Å². The van der Waals surface area contributed by atoms with Gasteiger partial charge in [-0.3, -0.25) is 4.90 Å². The summed E-state index contributed by atoms with van der Waals surface area (Å²) in [5.41, 5.74) is 5.92. The van der Waals surface area contributed by atoms with Crippen LogP contribution in [0.4, 0.5) is 5.69 Å². The summed E-state index contributed by atoms with van der Waals surface area (Å²) in [4.78, 5) is 6.08. The molecule has 1 aliphatic heterocycles. The van der Waals surface area contributed by atoms with Crippen molar-refractivity contribution in [3.8, 4) is 0 Å². The maximum atomic E-state index is 11.9. The van der Waals surface area contributed by atoms with Crippen LogP contribution >= 0.6 is 0 Å². The van der Waals surface area contributed by atoms with E-state index in [-0.39, 0.29) is 5.03 Å². The summed E-state index contributed by atoms with van der Waals surface area (Å²) in [7, 11) is -3.54. The number of nitrogens with two attached hydrogens (primary N) is 1. The average molecular weight is 300 g/mol. The summed E-state index contributed by atoms with van der Waals surface area (Å²) in [6, 6.07) is 2.93. The molecule has 2 heterocycles. The van der Waals surface area contributed by atoms with Crippen molar-refractivity contribution in [1.82, 2.24) is 14.6 Å². The molecular formula is C12H20N4O3S. The highest BCUT2D eigenvalue weighted by molar-refractivity contribution is 7.89. The first-order chi connectivity index (χ1) is 9.58. The lowest BCUT2D eigenvalue weighted by Crippen LogP contribution is -2.38. The van der Waals surface area contributed by atoms with E-state index in [1.165, 1.54) is 18.3 Å². The third kappa shape index (κ3) is 4.41. The van der Waals surface area contributed by atoms with Gasteiger partial charge in [-0.25, -0.2) is 18.1 Å². The highest BCUT2D eigenvalue weighted by atomic mass is 32.2. The number of pyridine rings is 1. The van der Waals surface area contributed by atoms with Crippen LogP contribution in [0.3, 0.4) is 0 Å². The Balaban J connectivity index is 1.76. The molecule has 1 aromatic rings. The van der Waals surface area contributed by atoms with E-state index in [1.54, 1.807) is 0 Å². The molecular weight excluding hydrogens is 280 g/mol. The van der Waals surface area contributed by atoms with E-state index in [2.05, 4.69) is 14.6 Å². The number of anilines is 1. The van der Waals surface area contributed by atoms with Crippen molar-refractivity contribution in [2.24, 2.45) is 0 Å². The van der Waals surface area contributed by atoms with Gasteiger partial charge in [0.15, 0.2) is 5.03 Å². The Morgan fingerprint density at radius 1 is 1.35 bits per heavy atom. The molecule has 0 unspecified atom stereocenters. The molecule has 3 N–H and O–H groups in total. The monoisotopic (exact) mass is 300 g/mol. The van der Waals surface area contributed by atoms with Crippen LogP contribution in [-0.4, -0.2) is 57.7 Å². The van der Waals surface area contributed by atoms with Gasteiger partial charge in [-0.2, -0.15) is 0 Å². The zero-order valence-electron chi connectivity index (χ0n) is 11.3. The number of aromatic nitrogens is 1. The Hall–Kier alpha value is -1.22. The van der Waals surface area contributed by atoms with Gasteiger partial charge in [0.05, 0.1) is 25.1 Å². The van der Waals surface area contributed by atoms with E-state index < -0.39 is 10.0 Å². The predicted octanol–water partition coefficient (Wildman–Crippen LogP) is -0.336. The minimum atomic E-state index is -3.54. The Morgan fingerprint density at radius 2 is 2.10 bits per heavy atom. The molecule has 0 aliphatic carbocycles. The maximum Gasteiger partial charge on any atom is 0.258 e. The Morgan fingerprint density at radius 3 is 2.75 bits per heavy atom. The van der Waals surface area contributed by atoms with Gasteiger partial charge < -0.3 is 10.5 Å². The van der Waals surface area contributed by atoms with E-state index in [9.17, 15) is 8.42 Å². The number of rotatable bonds is 6. The molecule has 0 aromatic carbocycles. The van der Waals surface area contributed by atoms with E-state index in [1.807, 2.05) is 0 Å². The Bertz CT molecular complexity index is 512. The van der Waals surface area contributed by atoms with Crippen molar-refractivity contribution in [2.75, 3.05) is 45.1 Å². The molecule has 20 heavy (non-hydrogen) atoms. The molecule has 1 fully saturated rings. The molecule has 2 rings (SSSR count). The van der Waals surface area contributed by atoms with Crippen LogP contribution in [0.25, 0.3) is 0 Å². The summed E-state index contributed by atoms with van der Waals surface area (Å²) in [6.07, 6.45) is 2.09. The quantitative estimate of drug-likeness (QED) is 0.698. The van der Waals surface area contributed by atoms with Crippen molar-refractivity contribution in [1.29, 1.82) is 0 Å². The summed E-state index contributed by atoms with van der Waals surface area (Å²) in [5.74, 6) is 0. The second-order valence-corrected chi connectivity index (χ2v) is 6.35. The molecule has 0 spiro atoms. The lowest BCUT2D eigenvalue weighted by molar-refractivity contribution is 0.0376. The topological polar surface area (TPSA) is 97.5 Å². The van der Waals surface area contributed by atoms with Crippen LogP contribution in [0.15, 0.2) is 23.4 Å². The molecule has 1 saturated heterocycles. The van der Waals surface area contributed by atoms with Gasteiger partial charge in [0.2, 0.25) is 0 Å². The summed E-state index contributed by atoms with van der Waals surface area (Å²) in [6.45, 7) is 4.58. The fourth-order valence-electron chi connectivity index (χ4n) is 1.96. The number of ether oxygens (including phenoxy) is 1. The second-order valence-electron chi connectivity index (χ2n) is 4.64. The van der Waals surface area contributed by atoms with Crippen molar-refractivity contribution >= 4 is 15.7 Å². The number of morpholine rings is 1. The highest BCUT2D eigenvalue weighted by Crippen LogP contribution is 2.07. The molecule has 8 heteroatoms. The third-order valence-corrected chi connectivity index (χ3v) is 4.46. The molecule has 0 atom stereocenters. The predicted molar refractivity (Wildman–Crippen MR) is 75.7 cm³/mol. The molecule has 1 aliphatic rings. The summed E-state index contributed by atoms with van der Waals surface area (Å²) < 4.78 is 31.7. The maximum absolute atomic E-state index is 11.9. The molecule has 0 amide bonds. The van der Waals surface area contributed by atoms with Crippen LogP contribution in [-0.2, 0) is 14.8 Å². The average Bonchev–Trinajstić information content (AvgIpc) is 2.45. The smallest absolute Gasteiger partial charge is 0.258 e. The Labute approximate surface area is 119 Å². The molecule has 7 nitrogen and oxygen atoms in total. The minimum absolute atomic E-state index is 0.00178. The van der Waals surface area contributed by atoms with Gasteiger partial charge in [-0.15, -0.1) is 0 Å². The standard InChI is InChI=1S/C12H20N4O3S/c13-11-2-3-12(14-10-11)20(17,18)15-4-1-5-16-6-8-19-9-7-16/h2-3,10,15H,1,4-9,13H2. The third-order valence-electron chi connectivity index (χ3n) is 3.08. The van der Waals surface area contributed by atoms with E-state index in [4.69, 9.17) is 10.5 Å². The number of nitrogens with one attached hydrogen (secondary N) is 1. The SMILES string of the molecule is Nc1ccc(S(=O)(=O)NCCCN2CCOCC2)nc1. The molecule has 112 valence electrons. The van der Waals surface area contributed by atoms with Gasteiger partial charge in [-0.1, -0.05) is 0 Å². The van der Waals surface area contributed by atoms with Crippen molar-refractivity contribution in [2.45, 2.75) is 11.4 Å². The largest absolute Gasteiger partial charge is 0.397 e. The van der Waals surface area contributed by atoms with Gasteiger partial charge in [-0.05, 0) is 25.1 Å².